The molecule has 0 amide bonds. The Balaban J connectivity index is 1.76. The van der Waals surface area contributed by atoms with E-state index in [1.807, 2.05) is 54.6 Å². The van der Waals surface area contributed by atoms with Gasteiger partial charge in [0.15, 0.2) is 11.5 Å². The van der Waals surface area contributed by atoms with Gasteiger partial charge in [-0.25, -0.2) is 15.0 Å². The molecular formula is C22H16ClN5O. The number of aromatic amines is 1. The molecule has 5 rings (SSSR count). The minimum absolute atomic E-state index is 0.177. The zero-order chi connectivity index (χ0) is 19.8. The third-order valence-electron chi connectivity index (χ3n) is 4.96. The third kappa shape index (κ3) is 3.03. The molecule has 6 nitrogen and oxygen atoms in total. The predicted octanol–water partition coefficient (Wildman–Crippen LogP) is 5.07. The molecule has 7 heteroatoms. The fraction of sp³-hybridized carbons (Fsp3) is 0.0455. The van der Waals surface area contributed by atoms with Gasteiger partial charge >= 0.3 is 0 Å². The van der Waals surface area contributed by atoms with Crippen LogP contribution in [0.2, 0.25) is 5.02 Å². The highest BCUT2D eigenvalue weighted by molar-refractivity contribution is 6.31. The van der Waals surface area contributed by atoms with Gasteiger partial charge in [0.05, 0.1) is 12.4 Å². The highest BCUT2D eigenvalue weighted by atomic mass is 35.5. The number of imidazole rings is 1. The Labute approximate surface area is 171 Å². The second kappa shape index (κ2) is 7.07. The monoisotopic (exact) mass is 401 g/mol. The molecule has 142 valence electrons. The second-order valence-corrected chi connectivity index (χ2v) is 7.05. The standard InChI is InChI=1S/C22H16ClN5O/c23-16-8-4-3-7-15(16)19(28-22-20-21(25-11-24-20)26-12-27-22)18-14-6-2-1-5-13(14)9-10-17(18)29/h1-12,19,29H,(H2,24,25,26,27,28). The van der Waals surface area contributed by atoms with Crippen molar-refractivity contribution in [2.24, 2.45) is 0 Å². The molecule has 2 heterocycles. The van der Waals surface area contributed by atoms with Crippen LogP contribution < -0.4 is 5.32 Å². The number of benzene rings is 3. The van der Waals surface area contributed by atoms with E-state index >= 15 is 0 Å². The largest absolute Gasteiger partial charge is 0.508 e. The number of fused-ring (bicyclic) bond motifs is 2. The first-order valence-corrected chi connectivity index (χ1v) is 9.46. The lowest BCUT2D eigenvalue weighted by molar-refractivity contribution is 0.468. The van der Waals surface area contributed by atoms with Gasteiger partial charge in [0, 0.05) is 10.6 Å². The summed E-state index contributed by atoms with van der Waals surface area (Å²) < 4.78 is 0. The number of rotatable bonds is 4. The fourth-order valence-electron chi connectivity index (χ4n) is 3.61. The van der Waals surface area contributed by atoms with E-state index in [0.29, 0.717) is 22.0 Å². The average Bonchev–Trinajstić information content (AvgIpc) is 3.23. The summed E-state index contributed by atoms with van der Waals surface area (Å²) in [4.78, 5) is 15.8. The van der Waals surface area contributed by atoms with Crippen LogP contribution in [-0.4, -0.2) is 25.0 Å². The maximum Gasteiger partial charge on any atom is 0.182 e. The van der Waals surface area contributed by atoms with Crippen molar-refractivity contribution in [2.45, 2.75) is 6.04 Å². The van der Waals surface area contributed by atoms with Crippen molar-refractivity contribution in [1.82, 2.24) is 19.9 Å². The van der Waals surface area contributed by atoms with E-state index in [-0.39, 0.29) is 5.75 Å². The van der Waals surface area contributed by atoms with Gasteiger partial charge in [-0.2, -0.15) is 0 Å². The first-order chi connectivity index (χ1) is 14.2. The highest BCUT2D eigenvalue weighted by Gasteiger charge is 2.24. The van der Waals surface area contributed by atoms with E-state index in [0.717, 1.165) is 21.9 Å². The minimum atomic E-state index is -0.448. The number of nitrogens with zero attached hydrogens (tertiary/aromatic N) is 3. The molecule has 0 aliphatic rings. The van der Waals surface area contributed by atoms with E-state index in [9.17, 15) is 5.11 Å². The topological polar surface area (TPSA) is 86.7 Å². The number of phenols is 1. The van der Waals surface area contributed by atoms with Gasteiger partial charge in [-0.1, -0.05) is 60.1 Å². The van der Waals surface area contributed by atoms with E-state index in [1.165, 1.54) is 6.33 Å². The Morgan fingerprint density at radius 1 is 0.931 bits per heavy atom. The molecule has 0 spiro atoms. The average molecular weight is 402 g/mol. The van der Waals surface area contributed by atoms with Crippen molar-refractivity contribution in [2.75, 3.05) is 5.32 Å². The smallest absolute Gasteiger partial charge is 0.182 e. The Morgan fingerprint density at radius 2 is 1.76 bits per heavy atom. The van der Waals surface area contributed by atoms with Crippen LogP contribution in [0.3, 0.4) is 0 Å². The second-order valence-electron chi connectivity index (χ2n) is 6.64. The molecule has 0 aliphatic heterocycles. The Hall–Kier alpha value is -3.64. The molecule has 5 aromatic rings. The van der Waals surface area contributed by atoms with Gasteiger partial charge in [-0.15, -0.1) is 0 Å². The molecule has 0 fully saturated rings. The first kappa shape index (κ1) is 17.5. The number of hydrogen-bond acceptors (Lipinski definition) is 5. The number of aromatic nitrogens is 4. The van der Waals surface area contributed by atoms with Gasteiger partial charge in [0.25, 0.3) is 0 Å². The number of anilines is 1. The van der Waals surface area contributed by atoms with Crippen LogP contribution in [0.25, 0.3) is 21.9 Å². The number of nitrogens with one attached hydrogen (secondary N) is 2. The number of H-pyrrole nitrogens is 1. The molecule has 0 saturated heterocycles. The first-order valence-electron chi connectivity index (χ1n) is 9.08. The van der Waals surface area contributed by atoms with Crippen molar-refractivity contribution in [3.63, 3.8) is 0 Å². The molecule has 3 aromatic carbocycles. The van der Waals surface area contributed by atoms with Crippen LogP contribution in [0, 0.1) is 0 Å². The van der Waals surface area contributed by atoms with Crippen LogP contribution in [0.15, 0.2) is 73.3 Å². The van der Waals surface area contributed by atoms with Crippen molar-refractivity contribution in [1.29, 1.82) is 0 Å². The molecule has 3 N–H and O–H groups in total. The summed E-state index contributed by atoms with van der Waals surface area (Å²) >= 11 is 6.56. The van der Waals surface area contributed by atoms with E-state index in [1.54, 1.807) is 12.4 Å². The van der Waals surface area contributed by atoms with Crippen molar-refractivity contribution in [3.8, 4) is 5.75 Å². The molecule has 1 unspecified atom stereocenters. The number of hydrogen-bond donors (Lipinski definition) is 3. The number of aromatic hydroxyl groups is 1. The van der Waals surface area contributed by atoms with Gasteiger partial charge < -0.3 is 15.4 Å². The van der Waals surface area contributed by atoms with Gasteiger partial charge in [0.2, 0.25) is 0 Å². The normalized spacial score (nSPS) is 12.3. The Kier molecular flexibility index (Phi) is 4.26. The molecule has 1 atom stereocenters. The van der Waals surface area contributed by atoms with Gasteiger partial charge in [0.1, 0.15) is 17.6 Å². The quantitative estimate of drug-likeness (QED) is 0.391. The van der Waals surface area contributed by atoms with Crippen molar-refractivity contribution < 1.29 is 5.11 Å². The third-order valence-corrected chi connectivity index (χ3v) is 5.30. The SMILES string of the molecule is Oc1ccc2ccccc2c1C(Nc1ncnc2nc[nH]c12)c1ccccc1Cl. The molecule has 0 saturated carbocycles. The van der Waals surface area contributed by atoms with Crippen molar-refractivity contribution >= 4 is 39.4 Å². The molecule has 0 bridgehead atoms. The number of phenolic OH excluding ortho intramolecular Hbond substituents is 1. The molecule has 29 heavy (non-hydrogen) atoms. The van der Waals surface area contributed by atoms with E-state index < -0.39 is 6.04 Å². The van der Waals surface area contributed by atoms with Crippen LogP contribution in [0.1, 0.15) is 17.2 Å². The van der Waals surface area contributed by atoms with Crippen LogP contribution in [0.4, 0.5) is 5.82 Å². The molecule has 0 aliphatic carbocycles. The lowest BCUT2D eigenvalue weighted by Gasteiger charge is -2.24. The van der Waals surface area contributed by atoms with Gasteiger partial charge in [-0.05, 0) is 28.5 Å². The molecular weight excluding hydrogens is 386 g/mol. The molecule has 2 aromatic heterocycles. The number of halogens is 1. The fourth-order valence-corrected chi connectivity index (χ4v) is 3.86. The zero-order valence-electron chi connectivity index (χ0n) is 15.2. The summed E-state index contributed by atoms with van der Waals surface area (Å²) in [5, 5.41) is 16.8. The summed E-state index contributed by atoms with van der Waals surface area (Å²) in [5.41, 5.74) is 2.79. The lowest BCUT2D eigenvalue weighted by atomic mass is 9.92. The zero-order valence-corrected chi connectivity index (χ0v) is 15.9. The Morgan fingerprint density at radius 3 is 2.66 bits per heavy atom. The summed E-state index contributed by atoms with van der Waals surface area (Å²) in [5.74, 6) is 0.751. The summed E-state index contributed by atoms with van der Waals surface area (Å²) in [7, 11) is 0. The van der Waals surface area contributed by atoms with Crippen LogP contribution in [-0.2, 0) is 0 Å². The van der Waals surface area contributed by atoms with E-state index in [2.05, 4.69) is 25.3 Å². The summed E-state index contributed by atoms with van der Waals surface area (Å²) in [6.07, 6.45) is 3.03. The van der Waals surface area contributed by atoms with Crippen molar-refractivity contribution in [3.05, 3.63) is 89.5 Å². The summed E-state index contributed by atoms with van der Waals surface area (Å²) in [6, 6.07) is 18.6. The molecule has 0 radical (unpaired) electrons. The Bertz CT molecular complexity index is 1330. The minimum Gasteiger partial charge on any atom is -0.508 e. The van der Waals surface area contributed by atoms with E-state index in [4.69, 9.17) is 11.6 Å². The highest BCUT2D eigenvalue weighted by Crippen LogP contribution is 2.40. The van der Waals surface area contributed by atoms with Crippen LogP contribution >= 0.6 is 11.6 Å². The predicted molar refractivity (Wildman–Crippen MR) is 114 cm³/mol. The maximum absolute atomic E-state index is 10.8. The van der Waals surface area contributed by atoms with Crippen LogP contribution in [0.5, 0.6) is 5.75 Å². The van der Waals surface area contributed by atoms with Gasteiger partial charge in [-0.3, -0.25) is 0 Å². The maximum atomic E-state index is 10.8. The lowest BCUT2D eigenvalue weighted by Crippen LogP contribution is -2.15. The summed E-state index contributed by atoms with van der Waals surface area (Å²) in [6.45, 7) is 0.